The molecule has 1 atom stereocenters. The average Bonchev–Trinajstić information content (AvgIpc) is 3.46. The van der Waals surface area contributed by atoms with E-state index in [2.05, 4.69) is 15.5 Å². The molecule has 0 saturated carbocycles. The minimum absolute atomic E-state index is 0.315. The van der Waals surface area contributed by atoms with Crippen LogP contribution in [0.15, 0.2) is 60.1 Å². The molecule has 0 aliphatic carbocycles. The highest BCUT2D eigenvalue weighted by Crippen LogP contribution is 2.46. The highest BCUT2D eigenvalue weighted by atomic mass is 32.1. The fraction of sp³-hybridized carbons (Fsp3) is 0.167. The van der Waals surface area contributed by atoms with E-state index >= 15 is 0 Å². The number of nitrogens with one attached hydrogen (secondary N) is 1. The first kappa shape index (κ1) is 23.7. The number of halogens is 2. The highest BCUT2D eigenvalue weighted by Gasteiger charge is 2.40. The van der Waals surface area contributed by atoms with E-state index in [9.17, 15) is 18.4 Å². The second-order valence-electron chi connectivity index (χ2n) is 8.11. The van der Waals surface area contributed by atoms with Gasteiger partial charge >= 0.3 is 5.97 Å². The lowest BCUT2D eigenvalue weighted by Crippen LogP contribution is -2.36. The highest BCUT2D eigenvalue weighted by molar-refractivity contribution is 7.15. The van der Waals surface area contributed by atoms with Crippen LogP contribution in [0.2, 0.25) is 0 Å². The van der Waals surface area contributed by atoms with Crippen LogP contribution in [0.4, 0.5) is 13.9 Å². The number of hydrogen-bond acceptors (Lipinski definition) is 6. The number of amides is 1. The SMILES string of the molecule is CC(C)(C(=O)Nc1nncs1)[C@@H](c1cccc(F)c1)c1ccc(-c2ccc(C(=O)O)c(F)c2)s1. The van der Waals surface area contributed by atoms with E-state index in [1.54, 1.807) is 32.0 Å². The van der Waals surface area contributed by atoms with E-state index in [1.807, 2.05) is 6.07 Å². The summed E-state index contributed by atoms with van der Waals surface area (Å²) in [6.45, 7) is 3.53. The monoisotopic (exact) mass is 499 g/mol. The van der Waals surface area contributed by atoms with Crippen LogP contribution < -0.4 is 5.32 Å². The number of benzene rings is 2. The van der Waals surface area contributed by atoms with Gasteiger partial charge in [0, 0.05) is 15.7 Å². The normalized spacial score (nSPS) is 12.4. The minimum Gasteiger partial charge on any atom is -0.478 e. The van der Waals surface area contributed by atoms with Crippen LogP contribution in [0.5, 0.6) is 0 Å². The maximum atomic E-state index is 14.3. The Balaban J connectivity index is 1.75. The van der Waals surface area contributed by atoms with Gasteiger partial charge in [-0.3, -0.25) is 4.79 Å². The van der Waals surface area contributed by atoms with E-state index in [0.717, 1.165) is 4.88 Å². The number of anilines is 1. The molecule has 0 aliphatic rings. The van der Waals surface area contributed by atoms with Gasteiger partial charge < -0.3 is 10.4 Å². The molecule has 34 heavy (non-hydrogen) atoms. The second-order valence-corrected chi connectivity index (χ2v) is 10.1. The van der Waals surface area contributed by atoms with Crippen molar-refractivity contribution >= 4 is 39.7 Å². The lowest BCUT2D eigenvalue weighted by atomic mass is 9.73. The average molecular weight is 500 g/mol. The number of aromatic carboxylic acids is 1. The van der Waals surface area contributed by atoms with Gasteiger partial charge in [0.15, 0.2) is 0 Å². The van der Waals surface area contributed by atoms with Crippen LogP contribution in [0.3, 0.4) is 0 Å². The van der Waals surface area contributed by atoms with Gasteiger partial charge in [-0.15, -0.1) is 21.5 Å². The van der Waals surface area contributed by atoms with E-state index < -0.39 is 34.5 Å². The summed E-state index contributed by atoms with van der Waals surface area (Å²) < 4.78 is 28.4. The first-order chi connectivity index (χ1) is 16.2. The largest absolute Gasteiger partial charge is 0.478 e. The molecule has 2 heterocycles. The Kier molecular flexibility index (Phi) is 6.54. The van der Waals surface area contributed by atoms with Crippen LogP contribution in [0.1, 0.15) is 40.6 Å². The summed E-state index contributed by atoms with van der Waals surface area (Å²) in [5.74, 6) is -3.45. The Bertz CT molecular complexity index is 1350. The molecule has 4 rings (SSSR count). The quantitative estimate of drug-likeness (QED) is 0.323. The number of carboxylic acids is 1. The predicted octanol–water partition coefficient (Wildman–Crippen LogP) is 6.04. The van der Waals surface area contributed by atoms with Gasteiger partial charge in [0.2, 0.25) is 11.0 Å². The lowest BCUT2D eigenvalue weighted by Gasteiger charge is -2.32. The van der Waals surface area contributed by atoms with Crippen LogP contribution in [0, 0.1) is 17.0 Å². The Morgan fingerprint density at radius 2 is 1.88 bits per heavy atom. The first-order valence-corrected chi connectivity index (χ1v) is 11.8. The van der Waals surface area contributed by atoms with Crippen LogP contribution in [-0.4, -0.2) is 27.2 Å². The summed E-state index contributed by atoms with van der Waals surface area (Å²) in [5, 5.41) is 19.8. The number of thiophene rings is 1. The fourth-order valence-electron chi connectivity index (χ4n) is 3.74. The topological polar surface area (TPSA) is 92.2 Å². The zero-order chi connectivity index (χ0) is 24.5. The molecule has 2 aromatic heterocycles. The zero-order valence-corrected chi connectivity index (χ0v) is 19.7. The maximum absolute atomic E-state index is 14.3. The molecule has 4 aromatic rings. The Labute approximate surface area is 201 Å². The summed E-state index contributed by atoms with van der Waals surface area (Å²) in [7, 11) is 0. The van der Waals surface area contributed by atoms with Gasteiger partial charge in [0.25, 0.3) is 0 Å². The van der Waals surface area contributed by atoms with Crippen molar-refractivity contribution in [1.82, 2.24) is 10.2 Å². The van der Waals surface area contributed by atoms with Crippen molar-refractivity contribution in [3.05, 3.63) is 87.7 Å². The molecule has 0 saturated heterocycles. The van der Waals surface area contributed by atoms with Crippen molar-refractivity contribution in [2.45, 2.75) is 19.8 Å². The molecule has 2 aromatic carbocycles. The predicted molar refractivity (Wildman–Crippen MR) is 127 cm³/mol. The Hall–Kier alpha value is -3.50. The van der Waals surface area contributed by atoms with E-state index in [4.69, 9.17) is 5.11 Å². The van der Waals surface area contributed by atoms with Crippen molar-refractivity contribution in [2.75, 3.05) is 5.32 Å². The van der Waals surface area contributed by atoms with E-state index in [0.29, 0.717) is 21.1 Å². The summed E-state index contributed by atoms with van der Waals surface area (Å²) in [6, 6.07) is 13.6. The molecule has 1 amide bonds. The molecule has 2 N–H and O–H groups in total. The molecule has 0 bridgehead atoms. The van der Waals surface area contributed by atoms with Crippen molar-refractivity contribution in [3.63, 3.8) is 0 Å². The first-order valence-electron chi connectivity index (χ1n) is 10.1. The summed E-state index contributed by atoms with van der Waals surface area (Å²) in [5.41, 5.74) is 1.19. The van der Waals surface area contributed by atoms with Crippen molar-refractivity contribution in [1.29, 1.82) is 0 Å². The molecule has 0 fully saturated rings. The van der Waals surface area contributed by atoms with Crippen LogP contribution >= 0.6 is 22.7 Å². The maximum Gasteiger partial charge on any atom is 0.338 e. The molecule has 0 radical (unpaired) electrons. The van der Waals surface area contributed by atoms with Crippen molar-refractivity contribution < 1.29 is 23.5 Å². The molecule has 0 spiro atoms. The number of hydrogen-bond donors (Lipinski definition) is 2. The lowest BCUT2D eigenvalue weighted by molar-refractivity contribution is -0.124. The fourth-order valence-corrected chi connectivity index (χ4v) is 5.50. The van der Waals surface area contributed by atoms with Gasteiger partial charge in [-0.1, -0.05) is 43.4 Å². The van der Waals surface area contributed by atoms with Gasteiger partial charge in [0.05, 0.1) is 11.0 Å². The van der Waals surface area contributed by atoms with Gasteiger partial charge in [-0.2, -0.15) is 0 Å². The molecule has 174 valence electrons. The Morgan fingerprint density at radius 1 is 1.09 bits per heavy atom. The second kappa shape index (κ2) is 9.40. The number of carbonyl (C=O) groups excluding carboxylic acids is 1. The molecule has 0 unspecified atom stereocenters. The van der Waals surface area contributed by atoms with E-state index in [1.165, 1.54) is 58.5 Å². The number of nitrogens with zero attached hydrogens (tertiary/aromatic N) is 2. The summed E-state index contributed by atoms with van der Waals surface area (Å²) in [6.07, 6.45) is 0. The minimum atomic E-state index is -1.34. The number of aromatic nitrogens is 2. The van der Waals surface area contributed by atoms with Gasteiger partial charge in [-0.05, 0) is 47.5 Å². The molecule has 0 aliphatic heterocycles. The molecular formula is C24H19F2N3O3S2. The number of carbonyl (C=O) groups is 2. The van der Waals surface area contributed by atoms with Crippen molar-refractivity contribution in [3.8, 4) is 10.4 Å². The number of rotatable bonds is 7. The third-order valence-corrected chi connectivity index (χ3v) is 7.27. The van der Waals surface area contributed by atoms with E-state index in [-0.39, 0.29) is 5.91 Å². The number of carboxylic acid groups (broad SMARTS) is 1. The molecule has 10 heteroatoms. The van der Waals surface area contributed by atoms with Gasteiger partial charge in [0.1, 0.15) is 17.1 Å². The standard InChI is InChI=1S/C24H19F2N3O3S2/c1-24(2,22(32)28-23-29-27-12-33-23)20(14-4-3-5-15(25)10-14)19-9-8-18(34-19)13-6-7-16(21(30)31)17(26)11-13/h3-12,20H,1-2H3,(H,30,31)(H,28,29,32)/t20-/m0/s1. The van der Waals surface area contributed by atoms with Gasteiger partial charge in [-0.25, -0.2) is 13.6 Å². The molecular weight excluding hydrogens is 480 g/mol. The van der Waals surface area contributed by atoms with Crippen LogP contribution in [-0.2, 0) is 4.79 Å². The Morgan fingerprint density at radius 3 is 2.53 bits per heavy atom. The third kappa shape index (κ3) is 4.73. The van der Waals surface area contributed by atoms with Crippen LogP contribution in [0.25, 0.3) is 10.4 Å². The summed E-state index contributed by atoms with van der Waals surface area (Å²) >= 11 is 2.52. The smallest absolute Gasteiger partial charge is 0.338 e. The third-order valence-electron chi connectivity index (χ3n) is 5.46. The van der Waals surface area contributed by atoms with Crippen molar-refractivity contribution in [2.24, 2.45) is 5.41 Å². The zero-order valence-electron chi connectivity index (χ0n) is 18.1. The summed E-state index contributed by atoms with van der Waals surface area (Å²) in [4.78, 5) is 25.8. The molecule has 6 nitrogen and oxygen atoms in total.